The van der Waals surface area contributed by atoms with Crippen molar-refractivity contribution in [3.05, 3.63) is 71.8 Å². The van der Waals surface area contributed by atoms with Gasteiger partial charge in [0.25, 0.3) is 0 Å². The Morgan fingerprint density at radius 2 is 1.70 bits per heavy atom. The lowest BCUT2D eigenvalue weighted by molar-refractivity contribution is -0.114. The lowest BCUT2D eigenvalue weighted by Crippen LogP contribution is -2.22. The molecular weight excluding hydrogens is 284 g/mol. The highest BCUT2D eigenvalue weighted by molar-refractivity contribution is 5.95. The van der Waals surface area contributed by atoms with E-state index >= 15 is 0 Å². The predicted octanol–water partition coefficient (Wildman–Crippen LogP) is 4.51. The zero-order chi connectivity index (χ0) is 16.2. The molecule has 0 aliphatic carbocycles. The Morgan fingerprint density at radius 1 is 0.913 bits per heavy atom. The summed E-state index contributed by atoms with van der Waals surface area (Å²) in [6.07, 6.45) is 0. The van der Waals surface area contributed by atoms with Crippen LogP contribution in [0.1, 0.15) is 11.1 Å². The van der Waals surface area contributed by atoms with Gasteiger partial charge < -0.3 is 10.6 Å². The quantitative estimate of drug-likeness (QED) is 0.744. The maximum absolute atomic E-state index is 12.1. The van der Waals surface area contributed by atoms with Gasteiger partial charge in [-0.05, 0) is 53.9 Å². The second kappa shape index (κ2) is 6.53. The Morgan fingerprint density at radius 3 is 2.52 bits per heavy atom. The standard InChI is InChI=1S/C20H20N2O/c1-14-6-5-9-19(15(14)2)22-20(23)13-21-18-11-10-16-7-3-4-8-17(16)12-18/h3-12,21H,13H2,1-2H3,(H,22,23). The van der Waals surface area contributed by atoms with E-state index < -0.39 is 0 Å². The molecule has 0 saturated carbocycles. The number of benzene rings is 3. The van der Waals surface area contributed by atoms with Gasteiger partial charge in [0.2, 0.25) is 5.91 Å². The van der Waals surface area contributed by atoms with Gasteiger partial charge in [0.1, 0.15) is 0 Å². The number of fused-ring (bicyclic) bond motifs is 1. The predicted molar refractivity (Wildman–Crippen MR) is 97.0 cm³/mol. The maximum atomic E-state index is 12.1. The van der Waals surface area contributed by atoms with E-state index in [0.29, 0.717) is 0 Å². The highest BCUT2D eigenvalue weighted by Gasteiger charge is 2.06. The first-order valence-electron chi connectivity index (χ1n) is 7.72. The average Bonchev–Trinajstić information content (AvgIpc) is 2.57. The number of nitrogens with one attached hydrogen (secondary N) is 2. The first-order chi connectivity index (χ1) is 11.1. The zero-order valence-electron chi connectivity index (χ0n) is 13.4. The van der Waals surface area contributed by atoms with E-state index in [1.54, 1.807) is 0 Å². The van der Waals surface area contributed by atoms with Gasteiger partial charge in [-0.15, -0.1) is 0 Å². The molecule has 0 spiro atoms. The Labute approximate surface area is 136 Å². The number of carbonyl (C=O) groups excluding carboxylic acids is 1. The van der Waals surface area contributed by atoms with Crippen LogP contribution in [0.25, 0.3) is 10.8 Å². The van der Waals surface area contributed by atoms with Gasteiger partial charge in [-0.2, -0.15) is 0 Å². The molecule has 3 aromatic carbocycles. The zero-order valence-corrected chi connectivity index (χ0v) is 13.4. The molecule has 1 amide bonds. The SMILES string of the molecule is Cc1cccc(NC(=O)CNc2ccc3ccccc3c2)c1C. The second-order valence-corrected chi connectivity index (χ2v) is 5.71. The molecule has 3 heteroatoms. The summed E-state index contributed by atoms with van der Waals surface area (Å²) >= 11 is 0. The van der Waals surface area contributed by atoms with Crippen LogP contribution in [0.2, 0.25) is 0 Å². The van der Waals surface area contributed by atoms with Crippen molar-refractivity contribution in [3.63, 3.8) is 0 Å². The Bertz CT molecular complexity index is 855. The molecule has 0 heterocycles. The minimum Gasteiger partial charge on any atom is -0.376 e. The van der Waals surface area contributed by atoms with Gasteiger partial charge in [0, 0.05) is 11.4 Å². The molecule has 0 saturated heterocycles. The lowest BCUT2D eigenvalue weighted by atomic mass is 10.1. The third-order valence-electron chi connectivity index (χ3n) is 4.08. The van der Waals surface area contributed by atoms with E-state index in [-0.39, 0.29) is 12.5 Å². The fourth-order valence-corrected chi connectivity index (χ4v) is 2.56. The molecular formula is C20H20N2O. The molecule has 3 rings (SSSR count). The van der Waals surface area contributed by atoms with Crippen LogP contribution in [0.15, 0.2) is 60.7 Å². The van der Waals surface area contributed by atoms with E-state index in [0.717, 1.165) is 22.3 Å². The topological polar surface area (TPSA) is 41.1 Å². The molecule has 0 aliphatic rings. The lowest BCUT2D eigenvalue weighted by Gasteiger charge is -2.11. The Hall–Kier alpha value is -2.81. The molecule has 0 fully saturated rings. The highest BCUT2D eigenvalue weighted by atomic mass is 16.1. The third kappa shape index (κ3) is 3.51. The number of hydrogen-bond acceptors (Lipinski definition) is 2. The van der Waals surface area contributed by atoms with E-state index in [9.17, 15) is 4.79 Å². The van der Waals surface area contributed by atoms with Crippen LogP contribution in [0, 0.1) is 13.8 Å². The number of aryl methyl sites for hydroxylation is 1. The molecule has 3 aromatic rings. The first-order valence-corrected chi connectivity index (χ1v) is 7.72. The van der Waals surface area contributed by atoms with Crippen molar-refractivity contribution in [1.82, 2.24) is 0 Å². The van der Waals surface area contributed by atoms with Crippen LogP contribution in [0.3, 0.4) is 0 Å². The van der Waals surface area contributed by atoms with Gasteiger partial charge in [0.05, 0.1) is 6.54 Å². The van der Waals surface area contributed by atoms with Crippen molar-refractivity contribution < 1.29 is 4.79 Å². The summed E-state index contributed by atoms with van der Waals surface area (Å²) in [6.45, 7) is 4.30. The monoisotopic (exact) mass is 304 g/mol. The summed E-state index contributed by atoms with van der Waals surface area (Å²) in [7, 11) is 0. The van der Waals surface area contributed by atoms with Crippen LogP contribution >= 0.6 is 0 Å². The number of rotatable bonds is 4. The fourth-order valence-electron chi connectivity index (χ4n) is 2.56. The summed E-state index contributed by atoms with van der Waals surface area (Å²) in [6, 6.07) is 20.2. The molecule has 0 atom stereocenters. The van der Waals surface area contributed by atoms with E-state index in [1.165, 1.54) is 10.9 Å². The summed E-state index contributed by atoms with van der Waals surface area (Å²) in [4.78, 5) is 12.1. The van der Waals surface area contributed by atoms with Crippen LogP contribution in [0.5, 0.6) is 0 Å². The van der Waals surface area contributed by atoms with Crippen LogP contribution in [-0.4, -0.2) is 12.5 Å². The normalized spacial score (nSPS) is 10.5. The second-order valence-electron chi connectivity index (χ2n) is 5.71. The van der Waals surface area contributed by atoms with Gasteiger partial charge >= 0.3 is 0 Å². The number of carbonyl (C=O) groups is 1. The summed E-state index contributed by atoms with van der Waals surface area (Å²) in [5.41, 5.74) is 4.09. The summed E-state index contributed by atoms with van der Waals surface area (Å²) in [5, 5.41) is 8.49. The maximum Gasteiger partial charge on any atom is 0.243 e. The molecule has 116 valence electrons. The van der Waals surface area contributed by atoms with Crippen molar-refractivity contribution in [1.29, 1.82) is 0 Å². The molecule has 0 radical (unpaired) electrons. The average molecular weight is 304 g/mol. The van der Waals surface area contributed by atoms with Crippen molar-refractivity contribution in [2.75, 3.05) is 17.2 Å². The number of amides is 1. The van der Waals surface area contributed by atoms with Gasteiger partial charge in [-0.1, -0.05) is 42.5 Å². The molecule has 23 heavy (non-hydrogen) atoms. The van der Waals surface area contributed by atoms with Crippen LogP contribution in [-0.2, 0) is 4.79 Å². The van der Waals surface area contributed by atoms with Crippen molar-refractivity contribution >= 4 is 28.1 Å². The van der Waals surface area contributed by atoms with Crippen molar-refractivity contribution in [2.45, 2.75) is 13.8 Å². The summed E-state index contributed by atoms with van der Waals surface area (Å²) < 4.78 is 0. The van der Waals surface area contributed by atoms with Gasteiger partial charge in [-0.25, -0.2) is 0 Å². The van der Waals surface area contributed by atoms with Crippen molar-refractivity contribution in [2.24, 2.45) is 0 Å². The molecule has 2 N–H and O–H groups in total. The van der Waals surface area contributed by atoms with Gasteiger partial charge in [-0.3, -0.25) is 4.79 Å². The minimum absolute atomic E-state index is 0.0492. The third-order valence-corrected chi connectivity index (χ3v) is 4.08. The smallest absolute Gasteiger partial charge is 0.243 e. The molecule has 0 unspecified atom stereocenters. The van der Waals surface area contributed by atoms with Crippen LogP contribution in [0.4, 0.5) is 11.4 Å². The fraction of sp³-hybridized carbons (Fsp3) is 0.150. The molecule has 0 bridgehead atoms. The summed E-state index contributed by atoms with van der Waals surface area (Å²) in [5.74, 6) is -0.0492. The minimum atomic E-state index is -0.0492. The van der Waals surface area contributed by atoms with Gasteiger partial charge in [0.15, 0.2) is 0 Å². The molecule has 0 aliphatic heterocycles. The largest absolute Gasteiger partial charge is 0.376 e. The van der Waals surface area contributed by atoms with E-state index in [1.807, 2.05) is 50.2 Å². The first kappa shape index (κ1) is 15.1. The molecule has 3 nitrogen and oxygen atoms in total. The van der Waals surface area contributed by atoms with E-state index in [4.69, 9.17) is 0 Å². The van der Waals surface area contributed by atoms with Crippen LogP contribution < -0.4 is 10.6 Å². The number of anilines is 2. The Balaban J connectivity index is 1.65. The molecule has 0 aromatic heterocycles. The van der Waals surface area contributed by atoms with E-state index in [2.05, 4.69) is 34.9 Å². The highest BCUT2D eigenvalue weighted by Crippen LogP contribution is 2.19. The Kier molecular flexibility index (Phi) is 4.29. The van der Waals surface area contributed by atoms with Crippen molar-refractivity contribution in [3.8, 4) is 0 Å². The number of hydrogen-bond donors (Lipinski definition) is 2.